The summed E-state index contributed by atoms with van der Waals surface area (Å²) in [4.78, 5) is 13.4. The molecule has 2 aromatic rings. The standard InChI is InChI=1S/C17H16ClNO/c1-11-3-5-12(6-4-11)17(18)13-7-8-15-14(9-13)10-16(20)19(15)2/h3-9,17H,10H2,1-2H3. The van der Waals surface area contributed by atoms with E-state index >= 15 is 0 Å². The van der Waals surface area contributed by atoms with Crippen LogP contribution in [-0.4, -0.2) is 13.0 Å². The van der Waals surface area contributed by atoms with Crippen LogP contribution >= 0.6 is 11.6 Å². The second-order valence-corrected chi connectivity index (χ2v) is 5.73. The van der Waals surface area contributed by atoms with E-state index in [4.69, 9.17) is 11.6 Å². The van der Waals surface area contributed by atoms with E-state index in [0.717, 1.165) is 22.4 Å². The average Bonchev–Trinajstić information content (AvgIpc) is 2.74. The molecule has 0 radical (unpaired) electrons. The van der Waals surface area contributed by atoms with Gasteiger partial charge in [0.25, 0.3) is 0 Å². The van der Waals surface area contributed by atoms with Crippen molar-refractivity contribution < 1.29 is 4.79 Å². The Morgan fingerprint density at radius 2 is 1.75 bits per heavy atom. The van der Waals surface area contributed by atoms with Crippen LogP contribution in [0.5, 0.6) is 0 Å². The molecule has 1 amide bonds. The van der Waals surface area contributed by atoms with E-state index in [1.54, 1.807) is 4.90 Å². The number of aryl methyl sites for hydroxylation is 1. The van der Waals surface area contributed by atoms with Crippen LogP contribution in [0.15, 0.2) is 42.5 Å². The molecule has 0 spiro atoms. The Kier molecular flexibility index (Phi) is 3.27. The fraction of sp³-hybridized carbons (Fsp3) is 0.235. The minimum Gasteiger partial charge on any atom is -0.315 e. The van der Waals surface area contributed by atoms with Gasteiger partial charge in [-0.2, -0.15) is 0 Å². The van der Waals surface area contributed by atoms with E-state index in [-0.39, 0.29) is 11.3 Å². The van der Waals surface area contributed by atoms with Crippen molar-refractivity contribution in [3.8, 4) is 0 Å². The third-order valence-corrected chi connectivity index (χ3v) is 4.35. The molecule has 0 aromatic heterocycles. The summed E-state index contributed by atoms with van der Waals surface area (Å²) in [6.07, 6.45) is 0.469. The molecule has 0 aliphatic carbocycles. The lowest BCUT2D eigenvalue weighted by Crippen LogP contribution is -2.20. The van der Waals surface area contributed by atoms with Crippen LogP contribution in [0.4, 0.5) is 5.69 Å². The fourth-order valence-electron chi connectivity index (χ4n) is 2.58. The maximum Gasteiger partial charge on any atom is 0.231 e. The topological polar surface area (TPSA) is 20.3 Å². The summed E-state index contributed by atoms with van der Waals surface area (Å²) in [5.74, 6) is 0.138. The number of anilines is 1. The van der Waals surface area contributed by atoms with Gasteiger partial charge in [0.15, 0.2) is 0 Å². The smallest absolute Gasteiger partial charge is 0.231 e. The SMILES string of the molecule is Cc1ccc(C(Cl)c2ccc3c(c2)CC(=O)N3C)cc1. The molecule has 1 unspecified atom stereocenters. The Hall–Kier alpha value is -1.80. The van der Waals surface area contributed by atoms with Crippen LogP contribution in [0.3, 0.4) is 0 Å². The summed E-state index contributed by atoms with van der Waals surface area (Å²) < 4.78 is 0. The molecule has 3 heteroatoms. The highest BCUT2D eigenvalue weighted by Crippen LogP contribution is 2.34. The number of amides is 1. The van der Waals surface area contributed by atoms with E-state index in [0.29, 0.717) is 6.42 Å². The van der Waals surface area contributed by atoms with Crippen LogP contribution in [0, 0.1) is 6.92 Å². The molecule has 0 saturated heterocycles. The van der Waals surface area contributed by atoms with Gasteiger partial charge in [-0.3, -0.25) is 4.79 Å². The second kappa shape index (κ2) is 4.95. The van der Waals surface area contributed by atoms with Crippen molar-refractivity contribution in [3.63, 3.8) is 0 Å². The molecule has 1 atom stereocenters. The molecule has 1 aliphatic heterocycles. The summed E-state index contributed by atoms with van der Waals surface area (Å²) in [5.41, 5.74) is 5.39. The van der Waals surface area contributed by atoms with E-state index in [2.05, 4.69) is 31.2 Å². The minimum atomic E-state index is -0.179. The van der Waals surface area contributed by atoms with Crippen LogP contribution in [0.1, 0.15) is 27.6 Å². The molecule has 2 nitrogen and oxygen atoms in total. The number of rotatable bonds is 2. The number of likely N-dealkylation sites (N-methyl/N-ethyl adjacent to an activating group) is 1. The largest absolute Gasteiger partial charge is 0.315 e. The van der Waals surface area contributed by atoms with Gasteiger partial charge < -0.3 is 4.90 Å². The van der Waals surface area contributed by atoms with Gasteiger partial charge in [-0.25, -0.2) is 0 Å². The zero-order valence-electron chi connectivity index (χ0n) is 11.6. The minimum absolute atomic E-state index is 0.138. The maximum absolute atomic E-state index is 11.7. The van der Waals surface area contributed by atoms with Crippen molar-refractivity contribution in [2.75, 3.05) is 11.9 Å². The second-order valence-electron chi connectivity index (χ2n) is 5.29. The molecule has 0 bridgehead atoms. The Bertz CT molecular complexity index is 663. The number of carbonyl (C=O) groups is 1. The molecule has 1 aliphatic rings. The zero-order chi connectivity index (χ0) is 14.3. The summed E-state index contributed by atoms with van der Waals surface area (Å²) in [7, 11) is 1.81. The first-order chi connectivity index (χ1) is 9.56. The number of halogens is 1. The number of fused-ring (bicyclic) bond motifs is 1. The van der Waals surface area contributed by atoms with Crippen molar-refractivity contribution in [1.82, 2.24) is 0 Å². The first-order valence-electron chi connectivity index (χ1n) is 6.66. The highest BCUT2D eigenvalue weighted by Gasteiger charge is 2.25. The van der Waals surface area contributed by atoms with Crippen LogP contribution in [0.25, 0.3) is 0 Å². The van der Waals surface area contributed by atoms with Crippen molar-refractivity contribution in [2.45, 2.75) is 18.7 Å². The predicted octanol–water partition coefficient (Wildman–Crippen LogP) is 3.84. The molecule has 102 valence electrons. The highest BCUT2D eigenvalue weighted by atomic mass is 35.5. The summed E-state index contributed by atoms with van der Waals surface area (Å²) >= 11 is 6.56. The molecular weight excluding hydrogens is 270 g/mol. The lowest BCUT2D eigenvalue weighted by Gasteiger charge is -2.14. The van der Waals surface area contributed by atoms with Crippen LogP contribution in [0.2, 0.25) is 0 Å². The molecule has 1 heterocycles. The highest BCUT2D eigenvalue weighted by molar-refractivity contribution is 6.22. The predicted molar refractivity (Wildman–Crippen MR) is 82.4 cm³/mol. The van der Waals surface area contributed by atoms with Gasteiger partial charge in [0.05, 0.1) is 11.8 Å². The van der Waals surface area contributed by atoms with E-state index in [1.807, 2.05) is 25.2 Å². The normalized spacial score (nSPS) is 15.3. The molecular formula is C17H16ClNO. The quantitative estimate of drug-likeness (QED) is 0.768. The molecule has 0 fully saturated rings. The van der Waals surface area contributed by atoms with Crippen LogP contribution < -0.4 is 4.90 Å². The third-order valence-electron chi connectivity index (χ3n) is 3.84. The number of benzene rings is 2. The molecule has 2 aromatic carbocycles. The first kappa shape index (κ1) is 13.2. The van der Waals surface area contributed by atoms with E-state index in [1.165, 1.54) is 5.56 Å². The number of nitrogens with zero attached hydrogens (tertiary/aromatic N) is 1. The zero-order valence-corrected chi connectivity index (χ0v) is 12.3. The van der Waals surface area contributed by atoms with Gasteiger partial charge in [-0.05, 0) is 29.7 Å². The molecule has 0 N–H and O–H groups in total. The van der Waals surface area contributed by atoms with E-state index < -0.39 is 0 Å². The van der Waals surface area contributed by atoms with Gasteiger partial charge in [0, 0.05) is 12.7 Å². The lowest BCUT2D eigenvalue weighted by atomic mass is 10.0. The maximum atomic E-state index is 11.7. The Balaban J connectivity index is 1.94. The number of carbonyl (C=O) groups excluding carboxylic acids is 1. The van der Waals surface area contributed by atoms with Crippen LogP contribution in [-0.2, 0) is 11.2 Å². The molecule has 0 saturated carbocycles. The number of hydrogen-bond donors (Lipinski definition) is 0. The number of alkyl halides is 1. The van der Waals surface area contributed by atoms with Crippen molar-refractivity contribution in [2.24, 2.45) is 0 Å². The van der Waals surface area contributed by atoms with Gasteiger partial charge in [0.1, 0.15) is 0 Å². The summed E-state index contributed by atoms with van der Waals surface area (Å²) in [6, 6.07) is 14.3. The third kappa shape index (κ3) is 2.20. The lowest BCUT2D eigenvalue weighted by molar-refractivity contribution is -0.117. The Morgan fingerprint density at radius 1 is 1.10 bits per heavy atom. The first-order valence-corrected chi connectivity index (χ1v) is 7.10. The Labute approximate surface area is 124 Å². The average molecular weight is 286 g/mol. The van der Waals surface area contributed by atoms with Crippen molar-refractivity contribution in [3.05, 3.63) is 64.7 Å². The van der Waals surface area contributed by atoms with E-state index in [9.17, 15) is 4.79 Å². The molecule has 20 heavy (non-hydrogen) atoms. The monoisotopic (exact) mass is 285 g/mol. The summed E-state index contributed by atoms with van der Waals surface area (Å²) in [6.45, 7) is 2.06. The summed E-state index contributed by atoms with van der Waals surface area (Å²) in [5, 5.41) is -0.179. The van der Waals surface area contributed by atoms with Gasteiger partial charge in [0.2, 0.25) is 5.91 Å². The van der Waals surface area contributed by atoms with Gasteiger partial charge in [-0.1, -0.05) is 42.0 Å². The number of hydrogen-bond acceptors (Lipinski definition) is 1. The van der Waals surface area contributed by atoms with Gasteiger partial charge >= 0.3 is 0 Å². The Morgan fingerprint density at radius 3 is 2.45 bits per heavy atom. The van der Waals surface area contributed by atoms with Crippen molar-refractivity contribution >= 4 is 23.2 Å². The molecule has 3 rings (SSSR count). The van der Waals surface area contributed by atoms with Crippen molar-refractivity contribution in [1.29, 1.82) is 0 Å². The fourth-order valence-corrected chi connectivity index (χ4v) is 2.86. The van der Waals surface area contributed by atoms with Gasteiger partial charge in [-0.15, -0.1) is 11.6 Å².